The van der Waals surface area contributed by atoms with Crippen LogP contribution in [-0.2, 0) is 19.6 Å². The van der Waals surface area contributed by atoms with E-state index in [1.165, 1.54) is 4.31 Å². The largest absolute Gasteiger partial charge is 0.466 e. The molecule has 178 valence electrons. The monoisotopic (exact) mass is 490 g/mol. The number of carbonyl (C=O) groups excluding carboxylic acids is 2. The second kappa shape index (κ2) is 11.1. The Kier molecular flexibility index (Phi) is 8.42. The molecule has 2 aromatic rings. The molecule has 0 N–H and O–H groups in total. The number of likely N-dealkylation sites (tertiary alicyclic amines) is 1. The summed E-state index contributed by atoms with van der Waals surface area (Å²) < 4.78 is 32.8. The van der Waals surface area contributed by atoms with Crippen molar-refractivity contribution >= 4 is 39.3 Å². The highest BCUT2D eigenvalue weighted by Crippen LogP contribution is 2.26. The van der Waals surface area contributed by atoms with E-state index in [-0.39, 0.29) is 29.2 Å². The zero-order chi connectivity index (χ0) is 24.0. The number of anilines is 1. The van der Waals surface area contributed by atoms with Crippen LogP contribution < -0.4 is 4.31 Å². The molecule has 1 saturated heterocycles. The van der Waals surface area contributed by atoms with E-state index < -0.39 is 10.0 Å². The van der Waals surface area contributed by atoms with Crippen LogP contribution in [0.15, 0.2) is 58.3 Å². The summed E-state index contributed by atoms with van der Waals surface area (Å²) in [6.07, 6.45) is 3.10. The van der Waals surface area contributed by atoms with Crippen LogP contribution in [0.3, 0.4) is 0 Å². The van der Waals surface area contributed by atoms with Gasteiger partial charge in [0.2, 0.25) is 0 Å². The molecule has 1 fully saturated rings. The van der Waals surface area contributed by atoms with Gasteiger partial charge in [-0.15, -0.1) is 11.8 Å². The van der Waals surface area contributed by atoms with E-state index >= 15 is 0 Å². The van der Waals surface area contributed by atoms with Crippen LogP contribution in [0.2, 0.25) is 0 Å². The number of hydrogen-bond acceptors (Lipinski definition) is 6. The first kappa shape index (κ1) is 25.1. The Bertz CT molecular complexity index is 1060. The molecule has 0 radical (unpaired) electrons. The number of thioether (sulfide) groups is 1. The van der Waals surface area contributed by atoms with Gasteiger partial charge in [-0.05, 0) is 81.5 Å². The fourth-order valence-corrected chi connectivity index (χ4v) is 5.78. The fraction of sp³-hybridized carbons (Fsp3) is 0.417. The lowest BCUT2D eigenvalue weighted by molar-refractivity contribution is -0.149. The number of piperidine rings is 1. The van der Waals surface area contributed by atoms with E-state index in [0.717, 1.165) is 4.90 Å². The van der Waals surface area contributed by atoms with Crippen molar-refractivity contribution in [2.24, 2.45) is 5.92 Å². The van der Waals surface area contributed by atoms with Gasteiger partial charge in [0.05, 0.1) is 23.1 Å². The van der Waals surface area contributed by atoms with Crippen LogP contribution in [0.5, 0.6) is 0 Å². The summed E-state index contributed by atoms with van der Waals surface area (Å²) in [7, 11) is -3.72. The molecule has 1 aliphatic heterocycles. The maximum atomic E-state index is 13.2. The predicted octanol–water partition coefficient (Wildman–Crippen LogP) is 4.04. The number of rotatable bonds is 8. The maximum Gasteiger partial charge on any atom is 0.309 e. The summed E-state index contributed by atoms with van der Waals surface area (Å²) in [5, 5.41) is 0. The highest BCUT2D eigenvalue weighted by molar-refractivity contribution is 7.98. The first-order valence-corrected chi connectivity index (χ1v) is 13.7. The molecule has 7 nitrogen and oxygen atoms in total. The zero-order valence-electron chi connectivity index (χ0n) is 19.2. The highest BCUT2D eigenvalue weighted by atomic mass is 32.2. The quantitative estimate of drug-likeness (QED) is 0.410. The van der Waals surface area contributed by atoms with Crippen LogP contribution in [0.1, 0.15) is 37.0 Å². The van der Waals surface area contributed by atoms with Crippen molar-refractivity contribution in [2.45, 2.75) is 36.5 Å². The lowest BCUT2D eigenvalue weighted by Crippen LogP contribution is -2.40. The Hall–Kier alpha value is -2.52. The average Bonchev–Trinajstić information content (AvgIpc) is 2.84. The second-order valence-corrected chi connectivity index (χ2v) is 10.5. The number of hydrogen-bond donors (Lipinski definition) is 0. The Labute approximate surface area is 200 Å². The zero-order valence-corrected chi connectivity index (χ0v) is 20.8. The average molecular weight is 491 g/mol. The second-order valence-electron chi connectivity index (χ2n) is 7.71. The fourth-order valence-electron chi connectivity index (χ4n) is 3.90. The highest BCUT2D eigenvalue weighted by Gasteiger charge is 2.29. The molecular weight excluding hydrogens is 460 g/mol. The van der Waals surface area contributed by atoms with E-state index in [0.29, 0.717) is 43.8 Å². The van der Waals surface area contributed by atoms with Crippen molar-refractivity contribution in [3.8, 4) is 0 Å². The van der Waals surface area contributed by atoms with Gasteiger partial charge in [-0.1, -0.05) is 0 Å². The molecule has 33 heavy (non-hydrogen) atoms. The normalized spacial score (nSPS) is 14.7. The molecule has 1 aliphatic rings. The number of nitrogens with zero attached hydrogens (tertiary/aromatic N) is 2. The van der Waals surface area contributed by atoms with Crippen LogP contribution in [-0.4, -0.2) is 57.7 Å². The minimum atomic E-state index is -3.72. The van der Waals surface area contributed by atoms with Gasteiger partial charge in [-0.3, -0.25) is 13.9 Å². The van der Waals surface area contributed by atoms with E-state index in [1.54, 1.807) is 79.0 Å². The van der Waals surface area contributed by atoms with Crippen LogP contribution in [0, 0.1) is 5.92 Å². The first-order chi connectivity index (χ1) is 15.8. The molecule has 1 heterocycles. The molecule has 0 atom stereocenters. The van der Waals surface area contributed by atoms with Gasteiger partial charge in [-0.2, -0.15) is 0 Å². The number of benzene rings is 2. The predicted molar refractivity (Wildman–Crippen MR) is 130 cm³/mol. The summed E-state index contributed by atoms with van der Waals surface area (Å²) in [5.74, 6) is -0.481. The summed E-state index contributed by atoms with van der Waals surface area (Å²) in [4.78, 5) is 27.8. The lowest BCUT2D eigenvalue weighted by Gasteiger charge is -2.31. The van der Waals surface area contributed by atoms with Crippen molar-refractivity contribution in [1.29, 1.82) is 0 Å². The standard InChI is InChI=1S/C24H30N2O5S2/c1-4-26(33(29,30)22-12-10-21(32-3)11-13-22)20-8-6-18(7-9-20)23(27)25-16-14-19(15-17-25)24(28)31-5-2/h6-13,19H,4-5,14-17H2,1-3H3. The minimum Gasteiger partial charge on any atom is -0.466 e. The van der Waals surface area contributed by atoms with Gasteiger partial charge < -0.3 is 9.64 Å². The number of carbonyl (C=O) groups is 2. The summed E-state index contributed by atoms with van der Waals surface area (Å²) in [6.45, 7) is 5.17. The third-order valence-electron chi connectivity index (χ3n) is 5.74. The van der Waals surface area contributed by atoms with Crippen molar-refractivity contribution in [3.05, 3.63) is 54.1 Å². The lowest BCUT2D eigenvalue weighted by atomic mass is 9.96. The van der Waals surface area contributed by atoms with Crippen LogP contribution in [0.25, 0.3) is 0 Å². The van der Waals surface area contributed by atoms with Gasteiger partial charge in [0.15, 0.2) is 0 Å². The summed E-state index contributed by atoms with van der Waals surface area (Å²) in [5.41, 5.74) is 0.995. The Morgan fingerprint density at radius 3 is 2.15 bits per heavy atom. The molecule has 0 saturated carbocycles. The Morgan fingerprint density at radius 1 is 1.03 bits per heavy atom. The van der Waals surface area contributed by atoms with E-state index in [2.05, 4.69) is 0 Å². The third-order valence-corrected chi connectivity index (χ3v) is 8.40. The molecule has 0 aliphatic carbocycles. The molecule has 2 aromatic carbocycles. The van der Waals surface area contributed by atoms with Crippen molar-refractivity contribution in [1.82, 2.24) is 4.90 Å². The van der Waals surface area contributed by atoms with E-state index in [1.807, 2.05) is 6.26 Å². The van der Waals surface area contributed by atoms with Crippen molar-refractivity contribution in [2.75, 3.05) is 36.8 Å². The molecule has 0 aromatic heterocycles. The number of amides is 1. The summed E-state index contributed by atoms with van der Waals surface area (Å²) >= 11 is 1.55. The van der Waals surface area contributed by atoms with Gasteiger partial charge in [0.25, 0.3) is 15.9 Å². The number of esters is 1. The smallest absolute Gasteiger partial charge is 0.309 e. The van der Waals surface area contributed by atoms with Gasteiger partial charge in [0.1, 0.15) is 0 Å². The maximum absolute atomic E-state index is 13.2. The molecule has 3 rings (SSSR count). The van der Waals surface area contributed by atoms with E-state index in [4.69, 9.17) is 4.74 Å². The van der Waals surface area contributed by atoms with Gasteiger partial charge >= 0.3 is 5.97 Å². The van der Waals surface area contributed by atoms with Crippen LogP contribution >= 0.6 is 11.8 Å². The molecule has 9 heteroatoms. The van der Waals surface area contributed by atoms with Crippen molar-refractivity contribution < 1.29 is 22.7 Å². The topological polar surface area (TPSA) is 84.0 Å². The Morgan fingerprint density at radius 2 is 1.64 bits per heavy atom. The molecular formula is C24H30N2O5S2. The van der Waals surface area contributed by atoms with Crippen molar-refractivity contribution in [3.63, 3.8) is 0 Å². The SMILES string of the molecule is CCOC(=O)C1CCN(C(=O)c2ccc(N(CC)S(=O)(=O)c3ccc(SC)cc3)cc2)CC1. The number of ether oxygens (including phenoxy) is 1. The molecule has 0 spiro atoms. The number of sulfonamides is 1. The van der Waals surface area contributed by atoms with Gasteiger partial charge in [-0.25, -0.2) is 8.42 Å². The third kappa shape index (κ3) is 5.70. The summed E-state index contributed by atoms with van der Waals surface area (Å²) in [6, 6.07) is 13.4. The van der Waals surface area contributed by atoms with E-state index in [9.17, 15) is 18.0 Å². The van der Waals surface area contributed by atoms with Gasteiger partial charge in [0, 0.05) is 30.1 Å². The Balaban J connectivity index is 1.70. The minimum absolute atomic E-state index is 0.123. The molecule has 1 amide bonds. The molecule has 0 unspecified atom stereocenters. The van der Waals surface area contributed by atoms with Crippen LogP contribution in [0.4, 0.5) is 5.69 Å². The molecule has 0 bridgehead atoms. The first-order valence-electron chi connectivity index (χ1n) is 11.0.